The van der Waals surface area contributed by atoms with Crippen molar-refractivity contribution in [3.63, 3.8) is 0 Å². The first-order chi connectivity index (χ1) is 10.3. The minimum Gasteiger partial charge on any atom is -0.490 e. The summed E-state index contributed by atoms with van der Waals surface area (Å²) in [4.78, 5) is 11.2. The van der Waals surface area contributed by atoms with E-state index in [0.29, 0.717) is 24.7 Å². The largest absolute Gasteiger partial charge is 0.490 e. The molecule has 0 spiro atoms. The highest BCUT2D eigenvalue weighted by Gasteiger charge is 2.20. The first-order valence-electron chi connectivity index (χ1n) is 7.73. The van der Waals surface area contributed by atoms with E-state index in [-0.39, 0.29) is 12.0 Å². The lowest BCUT2D eigenvalue weighted by Gasteiger charge is -2.19. The van der Waals surface area contributed by atoms with Crippen molar-refractivity contribution in [2.75, 3.05) is 6.61 Å². The fraction of sp³-hybridized carbons (Fsp3) is 0.588. The molecule has 0 saturated carbocycles. The summed E-state index contributed by atoms with van der Waals surface area (Å²) in [5.74, 6) is 0.582. The van der Waals surface area contributed by atoms with Gasteiger partial charge in [-0.1, -0.05) is 19.9 Å². The number of rotatable bonds is 9. The molecule has 0 aliphatic rings. The summed E-state index contributed by atoms with van der Waals surface area (Å²) in [6.07, 6.45) is 0.0699. The Kier molecular flexibility index (Phi) is 7.18. The molecule has 5 heteroatoms. The van der Waals surface area contributed by atoms with E-state index in [9.17, 15) is 9.90 Å². The predicted molar refractivity (Wildman–Crippen MR) is 86.5 cm³/mol. The van der Waals surface area contributed by atoms with Gasteiger partial charge in [-0.05, 0) is 44.4 Å². The smallest absolute Gasteiger partial charge is 0.320 e. The summed E-state index contributed by atoms with van der Waals surface area (Å²) >= 11 is 0. The van der Waals surface area contributed by atoms with Gasteiger partial charge in [-0.3, -0.25) is 4.79 Å². The average Bonchev–Trinajstić information content (AvgIpc) is 2.40. The van der Waals surface area contributed by atoms with Crippen molar-refractivity contribution >= 4 is 5.97 Å². The number of aliphatic carboxylic acids is 1. The molecule has 0 fully saturated rings. The molecule has 2 N–H and O–H groups in total. The molecule has 0 saturated heterocycles. The molecule has 1 aromatic carbocycles. The molecule has 124 valence electrons. The highest BCUT2D eigenvalue weighted by Crippen LogP contribution is 2.29. The van der Waals surface area contributed by atoms with Crippen LogP contribution in [-0.2, 0) is 11.3 Å². The Labute approximate surface area is 132 Å². The van der Waals surface area contributed by atoms with Crippen LogP contribution in [0, 0.1) is 5.92 Å². The first kappa shape index (κ1) is 18.3. The van der Waals surface area contributed by atoms with Crippen molar-refractivity contribution in [2.24, 2.45) is 5.92 Å². The molecule has 0 amide bonds. The van der Waals surface area contributed by atoms with Gasteiger partial charge in [0.2, 0.25) is 0 Å². The fourth-order valence-corrected chi connectivity index (χ4v) is 2.12. The van der Waals surface area contributed by atoms with Gasteiger partial charge in [-0.2, -0.15) is 0 Å². The van der Waals surface area contributed by atoms with Gasteiger partial charge in [-0.25, -0.2) is 0 Å². The van der Waals surface area contributed by atoms with E-state index in [1.165, 1.54) is 0 Å². The minimum absolute atomic E-state index is 0.0207. The van der Waals surface area contributed by atoms with E-state index in [1.54, 1.807) is 0 Å². The van der Waals surface area contributed by atoms with E-state index in [0.717, 1.165) is 5.56 Å². The molecular weight excluding hydrogens is 282 g/mol. The van der Waals surface area contributed by atoms with Gasteiger partial charge >= 0.3 is 5.97 Å². The SMILES string of the molecule is CCOc1cc(CNC(C(=O)O)C(C)C)ccc1OC(C)C. The summed E-state index contributed by atoms with van der Waals surface area (Å²) in [5.41, 5.74) is 0.964. The van der Waals surface area contributed by atoms with Gasteiger partial charge in [-0.15, -0.1) is 0 Å². The molecule has 1 aromatic rings. The van der Waals surface area contributed by atoms with Crippen LogP contribution in [0.25, 0.3) is 0 Å². The minimum atomic E-state index is -0.834. The van der Waals surface area contributed by atoms with Crippen molar-refractivity contribution in [1.29, 1.82) is 0 Å². The van der Waals surface area contributed by atoms with Crippen LogP contribution in [0.5, 0.6) is 11.5 Å². The second kappa shape index (κ2) is 8.63. The summed E-state index contributed by atoms with van der Waals surface area (Å²) in [7, 11) is 0. The summed E-state index contributed by atoms with van der Waals surface area (Å²) in [5, 5.41) is 12.3. The fourth-order valence-electron chi connectivity index (χ4n) is 2.12. The van der Waals surface area contributed by atoms with Crippen LogP contribution < -0.4 is 14.8 Å². The molecule has 0 aromatic heterocycles. The Morgan fingerprint density at radius 3 is 2.41 bits per heavy atom. The molecule has 0 radical (unpaired) electrons. The highest BCUT2D eigenvalue weighted by molar-refractivity contribution is 5.73. The molecule has 22 heavy (non-hydrogen) atoms. The molecule has 0 aliphatic heterocycles. The molecule has 0 bridgehead atoms. The van der Waals surface area contributed by atoms with Crippen molar-refractivity contribution in [2.45, 2.75) is 53.3 Å². The lowest BCUT2D eigenvalue weighted by atomic mass is 10.0. The van der Waals surface area contributed by atoms with Crippen LogP contribution in [0.1, 0.15) is 40.2 Å². The third-order valence-corrected chi connectivity index (χ3v) is 3.13. The van der Waals surface area contributed by atoms with Crippen molar-refractivity contribution in [3.05, 3.63) is 23.8 Å². The molecule has 5 nitrogen and oxygen atoms in total. The van der Waals surface area contributed by atoms with Crippen LogP contribution in [0.2, 0.25) is 0 Å². The molecule has 1 rings (SSSR count). The maximum atomic E-state index is 11.2. The van der Waals surface area contributed by atoms with Crippen LogP contribution in [0.4, 0.5) is 0 Å². The van der Waals surface area contributed by atoms with Crippen LogP contribution in [-0.4, -0.2) is 29.8 Å². The Morgan fingerprint density at radius 1 is 1.23 bits per heavy atom. The zero-order chi connectivity index (χ0) is 16.7. The van der Waals surface area contributed by atoms with Crippen LogP contribution in [0.3, 0.4) is 0 Å². The maximum absolute atomic E-state index is 11.2. The number of nitrogens with one attached hydrogen (secondary N) is 1. The number of hydrogen-bond donors (Lipinski definition) is 2. The lowest BCUT2D eigenvalue weighted by molar-refractivity contribution is -0.140. The quantitative estimate of drug-likeness (QED) is 0.734. The summed E-state index contributed by atoms with van der Waals surface area (Å²) < 4.78 is 11.3. The predicted octanol–water partition coefficient (Wildman–Crippen LogP) is 3.07. The summed E-state index contributed by atoms with van der Waals surface area (Å²) in [6, 6.07) is 5.12. The zero-order valence-corrected chi connectivity index (χ0v) is 14.1. The van der Waals surface area contributed by atoms with E-state index in [2.05, 4.69) is 5.32 Å². The number of ether oxygens (including phenoxy) is 2. The van der Waals surface area contributed by atoms with Gasteiger partial charge in [0.1, 0.15) is 6.04 Å². The van der Waals surface area contributed by atoms with Gasteiger partial charge < -0.3 is 19.9 Å². The molecule has 0 aliphatic carbocycles. The Morgan fingerprint density at radius 2 is 1.91 bits per heavy atom. The van der Waals surface area contributed by atoms with Gasteiger partial charge in [0.15, 0.2) is 11.5 Å². The Hall–Kier alpha value is -1.75. The highest BCUT2D eigenvalue weighted by atomic mass is 16.5. The second-order valence-electron chi connectivity index (χ2n) is 5.82. The summed E-state index contributed by atoms with van der Waals surface area (Å²) in [6.45, 7) is 10.6. The number of carboxylic acids is 1. The van der Waals surface area contributed by atoms with E-state index in [1.807, 2.05) is 52.8 Å². The lowest BCUT2D eigenvalue weighted by Crippen LogP contribution is -2.40. The van der Waals surface area contributed by atoms with Crippen LogP contribution in [0.15, 0.2) is 18.2 Å². The molecular formula is C17H27NO4. The van der Waals surface area contributed by atoms with E-state index >= 15 is 0 Å². The topological polar surface area (TPSA) is 67.8 Å². The third-order valence-electron chi connectivity index (χ3n) is 3.13. The second-order valence-corrected chi connectivity index (χ2v) is 5.82. The molecule has 0 heterocycles. The number of carboxylic acid groups (broad SMARTS) is 1. The van der Waals surface area contributed by atoms with Gasteiger partial charge in [0.25, 0.3) is 0 Å². The number of benzene rings is 1. The number of carbonyl (C=O) groups is 1. The average molecular weight is 309 g/mol. The zero-order valence-electron chi connectivity index (χ0n) is 14.1. The number of hydrogen-bond acceptors (Lipinski definition) is 4. The van der Waals surface area contributed by atoms with Crippen molar-refractivity contribution in [1.82, 2.24) is 5.32 Å². The van der Waals surface area contributed by atoms with Crippen molar-refractivity contribution < 1.29 is 19.4 Å². The van der Waals surface area contributed by atoms with E-state index in [4.69, 9.17) is 9.47 Å². The van der Waals surface area contributed by atoms with Gasteiger partial charge in [0.05, 0.1) is 12.7 Å². The Balaban J connectivity index is 2.83. The van der Waals surface area contributed by atoms with E-state index < -0.39 is 12.0 Å². The van der Waals surface area contributed by atoms with Crippen molar-refractivity contribution in [3.8, 4) is 11.5 Å². The van der Waals surface area contributed by atoms with Gasteiger partial charge in [0, 0.05) is 6.54 Å². The third kappa shape index (κ3) is 5.56. The van der Waals surface area contributed by atoms with Crippen LogP contribution >= 0.6 is 0 Å². The normalized spacial score (nSPS) is 12.5. The maximum Gasteiger partial charge on any atom is 0.320 e. The standard InChI is InChI=1S/C17H27NO4/c1-6-21-15-9-13(7-8-14(15)22-12(4)5)10-18-16(11(2)3)17(19)20/h7-9,11-12,16,18H,6,10H2,1-5H3,(H,19,20). The molecule has 1 unspecified atom stereocenters. The Bertz CT molecular complexity index is 486. The first-order valence-corrected chi connectivity index (χ1v) is 7.73. The molecule has 1 atom stereocenters. The monoisotopic (exact) mass is 309 g/mol.